The number of anilines is 1. The first-order chi connectivity index (χ1) is 11.9. The fourth-order valence-electron chi connectivity index (χ4n) is 1.94. The van der Waals surface area contributed by atoms with E-state index < -0.39 is 22.9 Å². The van der Waals surface area contributed by atoms with Gasteiger partial charge in [-0.3, -0.25) is 19.7 Å². The molecular formula is C16H15ClN2O6. The average molecular weight is 367 g/mol. The van der Waals surface area contributed by atoms with Crippen LogP contribution in [0.4, 0.5) is 11.4 Å². The second-order valence-electron chi connectivity index (χ2n) is 5.12. The van der Waals surface area contributed by atoms with E-state index in [-0.39, 0.29) is 22.8 Å². The maximum Gasteiger partial charge on any atom is 0.307 e. The summed E-state index contributed by atoms with van der Waals surface area (Å²) in [4.78, 5) is 33.9. The van der Waals surface area contributed by atoms with Gasteiger partial charge in [0, 0.05) is 18.6 Å². The molecule has 0 saturated carbocycles. The molecule has 132 valence electrons. The Balaban J connectivity index is 1.87. The number of rotatable bonds is 7. The van der Waals surface area contributed by atoms with E-state index in [2.05, 4.69) is 5.32 Å². The normalized spacial score (nSPS) is 11.6. The number of hydrogen-bond acceptors (Lipinski definition) is 6. The number of amides is 1. The lowest BCUT2D eigenvalue weighted by molar-refractivity contribution is -0.384. The molecular weight excluding hydrogens is 352 g/mol. The van der Waals surface area contributed by atoms with E-state index in [0.717, 1.165) is 6.07 Å². The van der Waals surface area contributed by atoms with E-state index >= 15 is 0 Å². The quantitative estimate of drug-likeness (QED) is 0.457. The number of hydrogen-bond donors (Lipinski definition) is 1. The molecule has 0 radical (unpaired) electrons. The maximum absolute atomic E-state index is 12.1. The number of carbonyl (C=O) groups is 2. The molecule has 1 amide bonds. The summed E-state index contributed by atoms with van der Waals surface area (Å²) in [7, 11) is 0. The van der Waals surface area contributed by atoms with Gasteiger partial charge in [-0.2, -0.15) is 0 Å². The van der Waals surface area contributed by atoms with Crippen molar-refractivity contribution in [2.75, 3.05) is 5.32 Å². The minimum absolute atomic E-state index is 0.0129. The maximum atomic E-state index is 12.1. The highest BCUT2D eigenvalue weighted by atomic mass is 35.5. The first kappa shape index (κ1) is 18.5. The zero-order valence-electron chi connectivity index (χ0n) is 13.2. The van der Waals surface area contributed by atoms with Gasteiger partial charge < -0.3 is 14.5 Å². The molecule has 2 rings (SSSR count). The summed E-state index contributed by atoms with van der Waals surface area (Å²) in [5.41, 5.74) is -0.00356. The standard InChI is InChI=1S/C16H15ClN2O6/c1-10(25-15(20)7-5-12-3-2-8-24-12)16(21)18-14-6-4-11(19(22)23)9-13(14)17/h2-4,6,8-10H,5,7H2,1H3,(H,18,21)/t10-/m1/s1. The number of aryl methyl sites for hydroxylation is 1. The van der Waals surface area contributed by atoms with Gasteiger partial charge >= 0.3 is 5.97 Å². The van der Waals surface area contributed by atoms with Gasteiger partial charge in [0.15, 0.2) is 6.10 Å². The summed E-state index contributed by atoms with van der Waals surface area (Å²) in [6.07, 6.45) is 0.901. The molecule has 1 N–H and O–H groups in total. The number of nitrogens with one attached hydrogen (secondary N) is 1. The number of benzene rings is 1. The monoisotopic (exact) mass is 366 g/mol. The minimum Gasteiger partial charge on any atom is -0.469 e. The van der Waals surface area contributed by atoms with Crippen LogP contribution in [0.2, 0.25) is 5.02 Å². The summed E-state index contributed by atoms with van der Waals surface area (Å²) < 4.78 is 10.1. The summed E-state index contributed by atoms with van der Waals surface area (Å²) in [6.45, 7) is 1.42. The van der Waals surface area contributed by atoms with Crippen molar-refractivity contribution < 1.29 is 23.7 Å². The molecule has 9 heteroatoms. The van der Waals surface area contributed by atoms with Crippen molar-refractivity contribution in [3.05, 3.63) is 57.5 Å². The summed E-state index contributed by atoms with van der Waals surface area (Å²) in [6, 6.07) is 7.09. The van der Waals surface area contributed by atoms with Crippen molar-refractivity contribution in [3.63, 3.8) is 0 Å². The summed E-state index contributed by atoms with van der Waals surface area (Å²) >= 11 is 5.90. The third kappa shape index (κ3) is 5.32. The fraction of sp³-hybridized carbons (Fsp3) is 0.250. The lowest BCUT2D eigenvalue weighted by Gasteiger charge is -2.14. The van der Waals surface area contributed by atoms with Crippen molar-refractivity contribution in [1.29, 1.82) is 0 Å². The Bertz CT molecular complexity index is 775. The number of nitrogens with zero attached hydrogens (tertiary/aromatic N) is 1. The molecule has 0 fully saturated rings. The smallest absolute Gasteiger partial charge is 0.307 e. The first-order valence-electron chi connectivity index (χ1n) is 7.33. The van der Waals surface area contributed by atoms with Crippen LogP contribution in [0.15, 0.2) is 41.0 Å². The topological polar surface area (TPSA) is 112 Å². The van der Waals surface area contributed by atoms with Gasteiger partial charge in [-0.05, 0) is 25.1 Å². The van der Waals surface area contributed by atoms with Gasteiger partial charge in [-0.1, -0.05) is 11.6 Å². The third-order valence-electron chi connectivity index (χ3n) is 3.25. The van der Waals surface area contributed by atoms with Gasteiger partial charge in [-0.25, -0.2) is 0 Å². The van der Waals surface area contributed by atoms with Crippen molar-refractivity contribution in [2.24, 2.45) is 0 Å². The lowest BCUT2D eigenvalue weighted by Crippen LogP contribution is -2.30. The van der Waals surface area contributed by atoms with Crippen LogP contribution in [0.25, 0.3) is 0 Å². The van der Waals surface area contributed by atoms with Crippen LogP contribution in [-0.4, -0.2) is 22.9 Å². The van der Waals surface area contributed by atoms with Gasteiger partial charge in [0.2, 0.25) is 0 Å². The van der Waals surface area contributed by atoms with Crippen LogP contribution in [0.5, 0.6) is 0 Å². The molecule has 1 atom stereocenters. The van der Waals surface area contributed by atoms with Crippen LogP contribution in [0.3, 0.4) is 0 Å². The van der Waals surface area contributed by atoms with E-state index in [1.165, 1.54) is 25.3 Å². The number of furan rings is 1. The van der Waals surface area contributed by atoms with Gasteiger partial charge in [-0.15, -0.1) is 0 Å². The zero-order valence-corrected chi connectivity index (χ0v) is 14.0. The van der Waals surface area contributed by atoms with Crippen LogP contribution < -0.4 is 5.32 Å². The molecule has 0 saturated heterocycles. The van der Waals surface area contributed by atoms with Crippen molar-refractivity contribution in [1.82, 2.24) is 0 Å². The molecule has 0 spiro atoms. The molecule has 0 aliphatic carbocycles. The Labute approximate surface area is 147 Å². The molecule has 0 aliphatic rings. The number of nitro groups is 1. The molecule has 0 bridgehead atoms. The fourth-order valence-corrected chi connectivity index (χ4v) is 2.17. The van der Waals surface area contributed by atoms with E-state index in [1.807, 2.05) is 0 Å². The third-order valence-corrected chi connectivity index (χ3v) is 3.57. The van der Waals surface area contributed by atoms with E-state index in [4.69, 9.17) is 20.8 Å². The average Bonchev–Trinajstić information content (AvgIpc) is 3.08. The number of nitro benzene ring substituents is 1. The zero-order chi connectivity index (χ0) is 18.4. The molecule has 2 aromatic rings. The van der Waals surface area contributed by atoms with E-state index in [1.54, 1.807) is 12.1 Å². The highest BCUT2D eigenvalue weighted by Gasteiger charge is 2.20. The lowest BCUT2D eigenvalue weighted by atomic mass is 10.2. The number of esters is 1. The predicted molar refractivity (Wildman–Crippen MR) is 89.3 cm³/mol. The number of halogens is 1. The van der Waals surface area contributed by atoms with Gasteiger partial charge in [0.25, 0.3) is 11.6 Å². The Morgan fingerprint density at radius 1 is 1.40 bits per heavy atom. The Morgan fingerprint density at radius 2 is 2.16 bits per heavy atom. The number of carbonyl (C=O) groups excluding carboxylic acids is 2. The first-order valence-corrected chi connectivity index (χ1v) is 7.71. The molecule has 0 unspecified atom stereocenters. The van der Waals surface area contributed by atoms with Crippen molar-refractivity contribution in [3.8, 4) is 0 Å². The van der Waals surface area contributed by atoms with Crippen molar-refractivity contribution in [2.45, 2.75) is 25.9 Å². The van der Waals surface area contributed by atoms with Gasteiger partial charge in [0.1, 0.15) is 5.76 Å². The van der Waals surface area contributed by atoms with Crippen LogP contribution in [-0.2, 0) is 20.7 Å². The second-order valence-corrected chi connectivity index (χ2v) is 5.53. The largest absolute Gasteiger partial charge is 0.469 e. The Kier molecular flexibility index (Phi) is 6.13. The van der Waals surface area contributed by atoms with Crippen LogP contribution >= 0.6 is 11.6 Å². The van der Waals surface area contributed by atoms with E-state index in [9.17, 15) is 19.7 Å². The molecule has 0 aliphatic heterocycles. The number of non-ortho nitro benzene ring substituents is 1. The Morgan fingerprint density at radius 3 is 2.76 bits per heavy atom. The molecule has 8 nitrogen and oxygen atoms in total. The minimum atomic E-state index is -1.05. The van der Waals surface area contributed by atoms with Crippen LogP contribution in [0, 0.1) is 10.1 Å². The highest BCUT2D eigenvalue weighted by Crippen LogP contribution is 2.26. The van der Waals surface area contributed by atoms with Crippen LogP contribution in [0.1, 0.15) is 19.1 Å². The van der Waals surface area contributed by atoms with E-state index in [0.29, 0.717) is 12.2 Å². The molecule has 25 heavy (non-hydrogen) atoms. The van der Waals surface area contributed by atoms with Crippen molar-refractivity contribution >= 4 is 34.9 Å². The molecule has 1 aromatic heterocycles. The highest BCUT2D eigenvalue weighted by molar-refractivity contribution is 6.34. The number of ether oxygens (including phenoxy) is 1. The Hall–Kier alpha value is -2.87. The van der Waals surface area contributed by atoms with Gasteiger partial charge in [0.05, 0.1) is 28.3 Å². The predicted octanol–water partition coefficient (Wildman–Crippen LogP) is 3.34. The SMILES string of the molecule is C[C@@H](OC(=O)CCc1ccco1)C(=O)Nc1ccc([N+](=O)[O-])cc1Cl. The molecule has 1 heterocycles. The molecule has 1 aromatic carbocycles. The second kappa shape index (κ2) is 8.29. The summed E-state index contributed by atoms with van der Waals surface area (Å²) in [5, 5.41) is 13.1. The summed E-state index contributed by atoms with van der Waals surface area (Å²) in [5.74, 6) is -0.498.